The van der Waals surface area contributed by atoms with Crippen LogP contribution in [0.5, 0.6) is 11.5 Å². The first-order chi connectivity index (χ1) is 14.3. The third kappa shape index (κ3) is 5.03. The molecule has 0 atom stereocenters. The largest absolute Gasteiger partial charge is 0.454 e. The molecule has 0 radical (unpaired) electrons. The van der Waals surface area contributed by atoms with Crippen LogP contribution in [0.4, 0.5) is 0 Å². The lowest BCUT2D eigenvalue weighted by atomic mass is 10.2. The number of benzene rings is 2. The fourth-order valence-corrected chi connectivity index (χ4v) is 4.23. The molecule has 1 heterocycles. The van der Waals surface area contributed by atoms with Gasteiger partial charge in [-0.25, -0.2) is 8.42 Å². The summed E-state index contributed by atoms with van der Waals surface area (Å²) in [6.45, 7) is 5.04. The average Bonchev–Trinajstić information content (AvgIpc) is 3.21. The predicted molar refractivity (Wildman–Crippen MR) is 116 cm³/mol. The van der Waals surface area contributed by atoms with Crippen molar-refractivity contribution in [2.24, 2.45) is 4.99 Å². The zero-order valence-electron chi connectivity index (χ0n) is 17.7. The van der Waals surface area contributed by atoms with Gasteiger partial charge in [0.1, 0.15) is 0 Å². The van der Waals surface area contributed by atoms with Crippen molar-refractivity contribution in [2.45, 2.75) is 37.9 Å². The number of nitrogens with one attached hydrogen (secondary N) is 2. The highest BCUT2D eigenvalue weighted by molar-refractivity contribution is 7.89. The number of sulfonamides is 1. The van der Waals surface area contributed by atoms with Crippen molar-refractivity contribution < 1.29 is 17.9 Å². The lowest BCUT2D eigenvalue weighted by Crippen LogP contribution is -2.36. The Morgan fingerprint density at radius 1 is 1.03 bits per heavy atom. The maximum absolute atomic E-state index is 12.6. The van der Waals surface area contributed by atoms with Crippen LogP contribution in [0.15, 0.2) is 52.4 Å². The summed E-state index contributed by atoms with van der Waals surface area (Å²) in [5, 5.41) is 6.48. The van der Waals surface area contributed by atoms with Gasteiger partial charge in [0, 0.05) is 33.2 Å². The standard InChI is InChI=1S/C21H28N4O4S/c1-15(2)25(4)30(26,27)18-8-5-16(6-9-18)12-23-21(22-3)24-13-17-7-10-19-20(11-17)29-14-28-19/h5-11,15H,12-14H2,1-4H3,(H2,22,23,24). The van der Waals surface area contributed by atoms with Crippen LogP contribution in [0.2, 0.25) is 0 Å². The quantitative estimate of drug-likeness (QED) is 0.515. The van der Waals surface area contributed by atoms with Crippen molar-refractivity contribution in [2.75, 3.05) is 20.9 Å². The number of fused-ring (bicyclic) bond motifs is 1. The summed E-state index contributed by atoms with van der Waals surface area (Å²) < 4.78 is 37.2. The van der Waals surface area contributed by atoms with E-state index in [1.54, 1.807) is 38.4 Å². The number of hydrogen-bond donors (Lipinski definition) is 2. The van der Waals surface area contributed by atoms with E-state index in [-0.39, 0.29) is 17.7 Å². The fraction of sp³-hybridized carbons (Fsp3) is 0.381. The molecule has 0 saturated heterocycles. The predicted octanol–water partition coefficient (Wildman–Crippen LogP) is 2.31. The summed E-state index contributed by atoms with van der Waals surface area (Å²) in [7, 11) is -0.188. The van der Waals surface area contributed by atoms with Crippen LogP contribution in [0.1, 0.15) is 25.0 Å². The van der Waals surface area contributed by atoms with Gasteiger partial charge in [0.15, 0.2) is 17.5 Å². The molecule has 0 fully saturated rings. The SMILES string of the molecule is CN=C(NCc1ccc(S(=O)(=O)N(C)C(C)C)cc1)NCc1ccc2c(c1)OCO2. The second kappa shape index (κ2) is 9.36. The Labute approximate surface area is 178 Å². The van der Waals surface area contributed by atoms with Crippen molar-refractivity contribution >= 4 is 16.0 Å². The van der Waals surface area contributed by atoms with E-state index in [9.17, 15) is 8.42 Å². The molecule has 0 amide bonds. The number of hydrogen-bond acceptors (Lipinski definition) is 5. The summed E-state index contributed by atoms with van der Waals surface area (Å²) >= 11 is 0. The van der Waals surface area contributed by atoms with E-state index in [1.807, 2.05) is 32.0 Å². The van der Waals surface area contributed by atoms with Crippen molar-refractivity contribution in [3.05, 3.63) is 53.6 Å². The van der Waals surface area contributed by atoms with Gasteiger partial charge in [-0.2, -0.15) is 4.31 Å². The molecule has 2 aromatic carbocycles. The van der Waals surface area contributed by atoms with Gasteiger partial charge >= 0.3 is 0 Å². The molecular weight excluding hydrogens is 404 g/mol. The number of nitrogens with zero attached hydrogens (tertiary/aromatic N) is 2. The van der Waals surface area contributed by atoms with Crippen LogP contribution < -0.4 is 20.1 Å². The van der Waals surface area contributed by atoms with Gasteiger partial charge in [0.05, 0.1) is 4.90 Å². The van der Waals surface area contributed by atoms with Gasteiger partial charge < -0.3 is 20.1 Å². The first kappa shape index (κ1) is 21.9. The Bertz CT molecular complexity index is 1000. The zero-order chi connectivity index (χ0) is 21.7. The van der Waals surface area contributed by atoms with Crippen molar-refractivity contribution in [1.29, 1.82) is 0 Å². The average molecular weight is 433 g/mol. The van der Waals surface area contributed by atoms with E-state index >= 15 is 0 Å². The number of ether oxygens (including phenoxy) is 2. The van der Waals surface area contributed by atoms with Gasteiger partial charge in [-0.3, -0.25) is 4.99 Å². The van der Waals surface area contributed by atoms with Crippen LogP contribution in [-0.4, -0.2) is 45.6 Å². The molecule has 9 heteroatoms. The first-order valence-electron chi connectivity index (χ1n) is 9.71. The van der Waals surface area contributed by atoms with Crippen LogP contribution >= 0.6 is 0 Å². The summed E-state index contributed by atoms with van der Waals surface area (Å²) in [6, 6.07) is 12.6. The molecule has 1 aliphatic rings. The molecule has 30 heavy (non-hydrogen) atoms. The van der Waals surface area contributed by atoms with E-state index in [0.717, 1.165) is 22.6 Å². The minimum atomic E-state index is -3.48. The van der Waals surface area contributed by atoms with Gasteiger partial charge in [0.2, 0.25) is 16.8 Å². The first-order valence-corrected chi connectivity index (χ1v) is 11.2. The lowest BCUT2D eigenvalue weighted by molar-refractivity contribution is 0.174. The highest BCUT2D eigenvalue weighted by atomic mass is 32.2. The van der Waals surface area contributed by atoms with Crippen LogP contribution in [0.25, 0.3) is 0 Å². The number of rotatable bonds is 7. The van der Waals surface area contributed by atoms with E-state index in [2.05, 4.69) is 15.6 Å². The highest BCUT2D eigenvalue weighted by Crippen LogP contribution is 2.32. The number of guanidine groups is 1. The molecule has 2 N–H and O–H groups in total. The van der Waals surface area contributed by atoms with Crippen LogP contribution in [0.3, 0.4) is 0 Å². The number of aliphatic imine (C=N–C) groups is 1. The van der Waals surface area contributed by atoms with E-state index in [1.165, 1.54) is 4.31 Å². The maximum Gasteiger partial charge on any atom is 0.243 e. The van der Waals surface area contributed by atoms with Crippen LogP contribution in [-0.2, 0) is 23.1 Å². The summed E-state index contributed by atoms with van der Waals surface area (Å²) in [4.78, 5) is 4.51. The molecule has 2 aromatic rings. The molecule has 0 bridgehead atoms. The summed E-state index contributed by atoms with van der Waals surface area (Å²) in [5.41, 5.74) is 2.00. The van der Waals surface area contributed by atoms with E-state index in [4.69, 9.17) is 9.47 Å². The molecule has 0 spiro atoms. The van der Waals surface area contributed by atoms with Gasteiger partial charge in [0.25, 0.3) is 0 Å². The maximum atomic E-state index is 12.6. The van der Waals surface area contributed by atoms with Gasteiger partial charge in [-0.1, -0.05) is 18.2 Å². The molecule has 1 aliphatic heterocycles. The highest BCUT2D eigenvalue weighted by Gasteiger charge is 2.22. The minimum Gasteiger partial charge on any atom is -0.454 e. The normalized spacial score (nSPS) is 13.7. The summed E-state index contributed by atoms with van der Waals surface area (Å²) in [5.74, 6) is 2.14. The van der Waals surface area contributed by atoms with Crippen LogP contribution in [0, 0.1) is 0 Å². The monoisotopic (exact) mass is 432 g/mol. The van der Waals surface area contributed by atoms with E-state index < -0.39 is 10.0 Å². The Balaban J connectivity index is 1.55. The molecule has 0 aromatic heterocycles. The molecule has 0 unspecified atom stereocenters. The topological polar surface area (TPSA) is 92.3 Å². The van der Waals surface area contributed by atoms with Gasteiger partial charge in [-0.15, -0.1) is 0 Å². The molecular formula is C21H28N4O4S. The lowest BCUT2D eigenvalue weighted by Gasteiger charge is -2.21. The molecule has 8 nitrogen and oxygen atoms in total. The summed E-state index contributed by atoms with van der Waals surface area (Å²) in [6.07, 6.45) is 0. The van der Waals surface area contributed by atoms with Crippen molar-refractivity contribution in [1.82, 2.24) is 14.9 Å². The third-order valence-electron chi connectivity index (χ3n) is 4.91. The Morgan fingerprint density at radius 3 is 2.27 bits per heavy atom. The van der Waals surface area contributed by atoms with Crippen molar-refractivity contribution in [3.63, 3.8) is 0 Å². The molecule has 0 saturated carbocycles. The third-order valence-corrected chi connectivity index (χ3v) is 6.96. The van der Waals surface area contributed by atoms with E-state index in [0.29, 0.717) is 19.0 Å². The second-order valence-corrected chi connectivity index (χ2v) is 9.22. The Kier molecular flexibility index (Phi) is 6.84. The molecule has 3 rings (SSSR count). The molecule has 162 valence electrons. The smallest absolute Gasteiger partial charge is 0.243 e. The zero-order valence-corrected chi connectivity index (χ0v) is 18.5. The Hall–Kier alpha value is -2.78. The fourth-order valence-electron chi connectivity index (χ4n) is 2.87. The van der Waals surface area contributed by atoms with Gasteiger partial charge in [-0.05, 0) is 49.2 Å². The van der Waals surface area contributed by atoms with Crippen molar-refractivity contribution in [3.8, 4) is 11.5 Å². The molecule has 0 aliphatic carbocycles. The Morgan fingerprint density at radius 2 is 1.63 bits per heavy atom. The minimum absolute atomic E-state index is 0.101. The second-order valence-electron chi connectivity index (χ2n) is 7.23.